The molecule has 0 aliphatic rings. The molecule has 0 fully saturated rings. The van der Waals surface area contributed by atoms with Gasteiger partial charge in [-0.15, -0.1) is 11.3 Å². The second-order valence-corrected chi connectivity index (χ2v) is 9.55. The van der Waals surface area contributed by atoms with E-state index in [2.05, 4.69) is 9.97 Å². The van der Waals surface area contributed by atoms with Crippen LogP contribution in [0.1, 0.15) is 15.2 Å². The minimum Gasteiger partial charge on any atom is -0.606 e. The van der Waals surface area contributed by atoms with Crippen LogP contribution in [-0.4, -0.2) is 37.3 Å². The summed E-state index contributed by atoms with van der Waals surface area (Å²) in [5, 5.41) is 10.5. The van der Waals surface area contributed by atoms with Gasteiger partial charge in [0.05, 0.1) is 25.2 Å². The summed E-state index contributed by atoms with van der Waals surface area (Å²) in [6.07, 6.45) is 5.20. The maximum absolute atomic E-state index is 13.4. The van der Waals surface area contributed by atoms with Crippen LogP contribution in [0.4, 0.5) is 0 Å². The highest BCUT2D eigenvalue weighted by atomic mass is 32.2. The largest absolute Gasteiger partial charge is 0.606 e. The van der Waals surface area contributed by atoms with Crippen molar-refractivity contribution in [2.75, 3.05) is 7.11 Å². The fourth-order valence-corrected chi connectivity index (χ4v) is 6.32. The quantitative estimate of drug-likeness (QED) is 0.370. The first-order valence-corrected chi connectivity index (χ1v) is 11.6. The first-order chi connectivity index (χ1) is 15.5. The summed E-state index contributed by atoms with van der Waals surface area (Å²) in [6.45, 7) is 0.574. The highest BCUT2D eigenvalue weighted by Gasteiger charge is 2.29. The summed E-state index contributed by atoms with van der Waals surface area (Å²) in [4.78, 5) is 21.3. The second-order valence-electron chi connectivity index (χ2n) is 7.08. The van der Waals surface area contributed by atoms with Crippen LogP contribution in [0.25, 0.3) is 21.1 Å². The molecule has 1 atom stereocenters. The lowest BCUT2D eigenvalue weighted by atomic mass is 10.1. The summed E-state index contributed by atoms with van der Waals surface area (Å²) in [6, 6.07) is 14.5. The van der Waals surface area contributed by atoms with Gasteiger partial charge in [0.25, 0.3) is 0 Å². The Morgan fingerprint density at radius 3 is 2.94 bits per heavy atom. The van der Waals surface area contributed by atoms with Crippen molar-refractivity contribution >= 4 is 49.6 Å². The number of thiophene rings is 1. The normalized spacial score (nSPS) is 12.3. The van der Waals surface area contributed by atoms with Crippen molar-refractivity contribution in [2.24, 2.45) is 0 Å². The Morgan fingerprint density at radius 1 is 1.25 bits per heavy atom. The van der Waals surface area contributed by atoms with E-state index in [9.17, 15) is 14.5 Å². The van der Waals surface area contributed by atoms with E-state index in [1.807, 2.05) is 28.8 Å². The van der Waals surface area contributed by atoms with Crippen molar-refractivity contribution in [3.63, 3.8) is 0 Å². The van der Waals surface area contributed by atoms with Crippen LogP contribution in [0.5, 0.6) is 5.75 Å². The van der Waals surface area contributed by atoms with Crippen molar-refractivity contribution in [3.05, 3.63) is 77.7 Å². The molecule has 2 aromatic carbocycles. The number of hydrogen-bond donors (Lipinski definition) is 1. The third-order valence-electron chi connectivity index (χ3n) is 5.12. The molecule has 32 heavy (non-hydrogen) atoms. The Morgan fingerprint density at radius 2 is 2.12 bits per heavy atom. The first-order valence-electron chi connectivity index (χ1n) is 9.64. The molecule has 9 heteroatoms. The number of pyridine rings is 1. The smallest absolute Gasteiger partial charge is 0.351 e. The van der Waals surface area contributed by atoms with Crippen LogP contribution in [0.2, 0.25) is 0 Å². The van der Waals surface area contributed by atoms with Crippen molar-refractivity contribution in [3.8, 4) is 5.75 Å². The molecule has 0 saturated carbocycles. The van der Waals surface area contributed by atoms with Gasteiger partial charge in [0.15, 0.2) is 14.7 Å². The van der Waals surface area contributed by atoms with Crippen molar-refractivity contribution < 1.29 is 19.2 Å². The third kappa shape index (κ3) is 3.60. The highest BCUT2D eigenvalue weighted by molar-refractivity contribution is 7.92. The molecule has 1 N–H and O–H groups in total. The lowest BCUT2D eigenvalue weighted by Crippen LogP contribution is -2.07. The van der Waals surface area contributed by atoms with E-state index in [1.165, 1.54) is 7.11 Å². The minimum absolute atomic E-state index is 0.0810. The number of carbonyl (C=O) groups is 1. The van der Waals surface area contributed by atoms with Gasteiger partial charge >= 0.3 is 5.97 Å². The number of rotatable bonds is 6. The van der Waals surface area contributed by atoms with Gasteiger partial charge in [0.2, 0.25) is 0 Å². The Balaban J connectivity index is 1.56. The average Bonchev–Trinajstić information content (AvgIpc) is 3.40. The van der Waals surface area contributed by atoms with Crippen LogP contribution in [-0.2, 0) is 17.7 Å². The zero-order chi connectivity index (χ0) is 22.2. The van der Waals surface area contributed by atoms with Gasteiger partial charge in [-0.2, -0.15) is 0 Å². The van der Waals surface area contributed by atoms with Gasteiger partial charge in [-0.3, -0.25) is 4.98 Å². The molecule has 5 aromatic rings. The zero-order valence-corrected chi connectivity index (χ0v) is 18.5. The maximum atomic E-state index is 13.4. The summed E-state index contributed by atoms with van der Waals surface area (Å²) >= 11 is -0.527. The first kappa shape index (κ1) is 20.5. The number of benzene rings is 2. The van der Waals surface area contributed by atoms with Crippen LogP contribution >= 0.6 is 11.3 Å². The average molecular weight is 464 g/mol. The fourth-order valence-electron chi connectivity index (χ4n) is 3.61. The molecule has 3 aromatic heterocycles. The van der Waals surface area contributed by atoms with Crippen molar-refractivity contribution in [1.82, 2.24) is 14.5 Å². The number of nitrogens with zero attached hydrogens (tertiary/aromatic N) is 3. The molecule has 0 saturated heterocycles. The lowest BCUT2D eigenvalue weighted by Gasteiger charge is -2.11. The van der Waals surface area contributed by atoms with Crippen LogP contribution in [0.3, 0.4) is 0 Å². The Labute approximate surface area is 190 Å². The molecule has 0 spiro atoms. The number of carboxylic acid groups (broad SMARTS) is 1. The summed E-state index contributed by atoms with van der Waals surface area (Å²) in [7, 11) is 1.53. The van der Waals surface area contributed by atoms with Crippen LogP contribution in [0.15, 0.2) is 77.0 Å². The van der Waals surface area contributed by atoms with Crippen molar-refractivity contribution in [2.45, 2.75) is 16.3 Å². The monoisotopic (exact) mass is 463 g/mol. The fraction of sp³-hybridized carbons (Fsp3) is 0.0870. The molecule has 1 unspecified atom stereocenters. The van der Waals surface area contributed by atoms with Gasteiger partial charge in [0.1, 0.15) is 11.3 Å². The summed E-state index contributed by atoms with van der Waals surface area (Å²) in [5.74, 6) is -0.524. The van der Waals surface area contributed by atoms with Gasteiger partial charge < -0.3 is 19.0 Å². The van der Waals surface area contributed by atoms with E-state index in [1.54, 1.807) is 43.0 Å². The molecule has 0 aliphatic heterocycles. The molecule has 0 amide bonds. The number of methoxy groups -OCH3 is 1. The van der Waals surface area contributed by atoms with E-state index in [0.29, 0.717) is 27.5 Å². The predicted octanol–water partition coefficient (Wildman–Crippen LogP) is 4.57. The van der Waals surface area contributed by atoms with Gasteiger partial charge in [-0.1, -0.05) is 12.1 Å². The molecule has 3 heterocycles. The Kier molecular flexibility index (Phi) is 5.30. The van der Waals surface area contributed by atoms with Gasteiger partial charge in [-0.05, 0) is 35.9 Å². The number of aromatic nitrogens is 3. The summed E-state index contributed by atoms with van der Waals surface area (Å²) < 4.78 is 21.4. The van der Waals surface area contributed by atoms with E-state index >= 15 is 0 Å². The number of imidazole rings is 1. The molecular formula is C23H17N3O4S2. The minimum atomic E-state index is -1.66. The van der Waals surface area contributed by atoms with Crippen LogP contribution < -0.4 is 4.74 Å². The molecule has 7 nitrogen and oxygen atoms in total. The van der Waals surface area contributed by atoms with E-state index < -0.39 is 17.1 Å². The number of hydrogen-bond acceptors (Lipinski definition) is 6. The predicted molar refractivity (Wildman–Crippen MR) is 123 cm³/mol. The van der Waals surface area contributed by atoms with E-state index in [0.717, 1.165) is 32.6 Å². The standard InChI is InChI=1S/C23H17N3O4S2/c1-30-15-3-2-4-16(10-15)32(29)22-17-6-5-14(9-20(17)31-21(22)23(27)28)12-26-13-25-18-11-24-8-7-19(18)26/h2-11,13H,12H2,1H3,(H,27,28). The number of fused-ring (bicyclic) bond motifs is 2. The Hall–Kier alpha value is -3.40. The van der Waals surface area contributed by atoms with E-state index in [4.69, 9.17) is 4.74 Å². The number of ether oxygens (including phenoxy) is 1. The third-order valence-corrected chi connectivity index (χ3v) is 7.87. The Bertz CT molecular complexity index is 1460. The molecule has 0 radical (unpaired) electrons. The molecule has 160 valence electrons. The van der Waals surface area contributed by atoms with Crippen LogP contribution in [0, 0.1) is 0 Å². The highest BCUT2D eigenvalue weighted by Crippen LogP contribution is 2.39. The zero-order valence-electron chi connectivity index (χ0n) is 16.9. The molecule has 0 aliphatic carbocycles. The lowest BCUT2D eigenvalue weighted by molar-refractivity contribution is 0.0698. The van der Waals surface area contributed by atoms with E-state index in [-0.39, 0.29) is 4.88 Å². The molecule has 5 rings (SSSR count). The molecular weight excluding hydrogens is 446 g/mol. The number of aromatic carboxylic acids is 1. The maximum Gasteiger partial charge on any atom is 0.351 e. The van der Waals surface area contributed by atoms with Gasteiger partial charge in [0, 0.05) is 40.1 Å². The molecule has 0 bridgehead atoms. The summed E-state index contributed by atoms with van der Waals surface area (Å²) in [5.41, 5.74) is 2.77. The van der Waals surface area contributed by atoms with Crippen molar-refractivity contribution in [1.29, 1.82) is 0 Å². The topological polar surface area (TPSA) is 100 Å². The number of carboxylic acids is 1. The van der Waals surface area contributed by atoms with Gasteiger partial charge in [-0.25, -0.2) is 9.78 Å². The second kappa shape index (κ2) is 8.27. The SMILES string of the molecule is COc1cccc([S+]([O-])c2c(C(=O)O)sc3cc(Cn4cnc5cnccc54)ccc23)c1.